The minimum absolute atomic E-state index is 0.000623. The third-order valence-electron chi connectivity index (χ3n) is 3.26. The van der Waals surface area contributed by atoms with Crippen LogP contribution in [-0.2, 0) is 16.1 Å². The van der Waals surface area contributed by atoms with Gasteiger partial charge >= 0.3 is 0 Å². The van der Waals surface area contributed by atoms with Crippen LogP contribution in [0.15, 0.2) is 35.1 Å². The van der Waals surface area contributed by atoms with Crippen molar-refractivity contribution in [3.8, 4) is 0 Å². The van der Waals surface area contributed by atoms with E-state index in [4.69, 9.17) is 14.6 Å². The zero-order valence-corrected chi connectivity index (χ0v) is 16.0. The highest BCUT2D eigenvalue weighted by Gasteiger charge is 2.15. The molecule has 0 radical (unpaired) electrons. The molecule has 0 aliphatic heterocycles. The summed E-state index contributed by atoms with van der Waals surface area (Å²) in [4.78, 5) is 20.8. The lowest BCUT2D eigenvalue weighted by Gasteiger charge is -2.10. The molecule has 1 aromatic heterocycles. The van der Waals surface area contributed by atoms with Gasteiger partial charge in [0.25, 0.3) is 5.91 Å². The van der Waals surface area contributed by atoms with Crippen LogP contribution in [0.2, 0.25) is 0 Å². The van der Waals surface area contributed by atoms with Crippen LogP contribution < -0.4 is 10.6 Å². The van der Waals surface area contributed by atoms with Crippen LogP contribution in [0, 0.1) is 0 Å². The highest BCUT2D eigenvalue weighted by molar-refractivity contribution is 9.10. The molecule has 0 atom stereocenters. The van der Waals surface area contributed by atoms with Crippen molar-refractivity contribution in [1.29, 1.82) is 0 Å². The average Bonchev–Trinajstić information content (AvgIpc) is 2.65. The number of carbonyl (C=O) groups excluding carboxylic acids is 1. The first kappa shape index (κ1) is 20.2. The molecule has 2 aromatic rings. The molecule has 8 nitrogen and oxygen atoms in total. The minimum atomic E-state index is -0.362. The van der Waals surface area contributed by atoms with Crippen LogP contribution >= 0.6 is 15.9 Å². The van der Waals surface area contributed by atoms with Crippen molar-refractivity contribution >= 4 is 33.3 Å². The number of nitrogens with zero attached hydrogens (tertiary/aromatic N) is 2. The van der Waals surface area contributed by atoms with E-state index in [0.29, 0.717) is 42.5 Å². The Morgan fingerprint density at radius 3 is 2.85 bits per heavy atom. The highest BCUT2D eigenvalue weighted by atomic mass is 79.9. The summed E-state index contributed by atoms with van der Waals surface area (Å²) in [5, 5.41) is 14.3. The molecule has 0 aliphatic carbocycles. The largest absolute Gasteiger partial charge is 0.394 e. The van der Waals surface area contributed by atoms with Crippen molar-refractivity contribution in [3.63, 3.8) is 0 Å². The van der Waals surface area contributed by atoms with Gasteiger partial charge in [-0.25, -0.2) is 9.97 Å². The van der Waals surface area contributed by atoms with Gasteiger partial charge in [-0.3, -0.25) is 4.79 Å². The lowest BCUT2D eigenvalue weighted by Crippen LogP contribution is -2.17. The Labute approximate surface area is 160 Å². The summed E-state index contributed by atoms with van der Waals surface area (Å²) in [6.45, 7) is 1.54. The van der Waals surface area contributed by atoms with Crippen molar-refractivity contribution in [2.24, 2.45) is 0 Å². The van der Waals surface area contributed by atoms with Crippen molar-refractivity contribution < 1.29 is 19.4 Å². The molecule has 0 spiro atoms. The fourth-order valence-electron chi connectivity index (χ4n) is 2.11. The van der Waals surface area contributed by atoms with Gasteiger partial charge in [-0.2, -0.15) is 0 Å². The van der Waals surface area contributed by atoms with E-state index in [2.05, 4.69) is 36.5 Å². The van der Waals surface area contributed by atoms with Crippen molar-refractivity contribution in [2.75, 3.05) is 44.1 Å². The zero-order chi connectivity index (χ0) is 18.8. The number of nitrogens with one attached hydrogen (secondary N) is 2. The maximum absolute atomic E-state index is 12.5. The van der Waals surface area contributed by atoms with Crippen LogP contribution in [0.4, 0.5) is 11.5 Å². The molecule has 0 bridgehead atoms. The summed E-state index contributed by atoms with van der Waals surface area (Å²) in [7, 11) is 1.68. The zero-order valence-electron chi connectivity index (χ0n) is 14.4. The molecule has 0 aliphatic rings. The third-order valence-corrected chi connectivity index (χ3v) is 3.64. The number of ether oxygens (including phenoxy) is 2. The third kappa shape index (κ3) is 6.34. The molecule has 0 unspecified atom stereocenters. The van der Waals surface area contributed by atoms with Crippen molar-refractivity contribution in [2.45, 2.75) is 6.61 Å². The van der Waals surface area contributed by atoms with Crippen LogP contribution in [-0.4, -0.2) is 54.5 Å². The van der Waals surface area contributed by atoms with Gasteiger partial charge in [0.2, 0.25) is 0 Å². The maximum Gasteiger partial charge on any atom is 0.278 e. The summed E-state index contributed by atoms with van der Waals surface area (Å²) < 4.78 is 11.1. The smallest absolute Gasteiger partial charge is 0.278 e. The number of benzene rings is 1. The number of aromatic nitrogens is 2. The van der Waals surface area contributed by atoms with Gasteiger partial charge in [0.15, 0.2) is 11.5 Å². The van der Waals surface area contributed by atoms with Gasteiger partial charge in [-0.15, -0.1) is 0 Å². The molecule has 0 fully saturated rings. The maximum atomic E-state index is 12.5. The van der Waals surface area contributed by atoms with Gasteiger partial charge in [0.1, 0.15) is 4.60 Å². The number of carbonyl (C=O) groups is 1. The number of rotatable bonds is 10. The van der Waals surface area contributed by atoms with Crippen molar-refractivity contribution in [1.82, 2.24) is 9.97 Å². The Bertz CT molecular complexity index is 730. The fourth-order valence-corrected chi connectivity index (χ4v) is 2.39. The first-order chi connectivity index (χ1) is 12.6. The molecular weight excluding hydrogens is 404 g/mol. The molecule has 140 valence electrons. The molecule has 26 heavy (non-hydrogen) atoms. The predicted molar refractivity (Wildman–Crippen MR) is 101 cm³/mol. The van der Waals surface area contributed by atoms with E-state index in [-0.39, 0.29) is 18.2 Å². The second-order valence-corrected chi connectivity index (χ2v) is 6.00. The summed E-state index contributed by atoms with van der Waals surface area (Å²) >= 11 is 3.22. The lowest BCUT2D eigenvalue weighted by molar-refractivity contribution is 0.0274. The summed E-state index contributed by atoms with van der Waals surface area (Å²) in [5.41, 5.74) is 1.75. The van der Waals surface area contributed by atoms with Gasteiger partial charge < -0.3 is 25.2 Å². The second kappa shape index (κ2) is 10.8. The SMILES string of the molecule is CNc1ncc(Br)nc1C(=O)Nc1cccc(COCCOCCO)c1. The normalized spacial score (nSPS) is 10.6. The van der Waals surface area contributed by atoms with Crippen LogP contribution in [0.5, 0.6) is 0 Å². The van der Waals surface area contributed by atoms with Gasteiger partial charge in [0, 0.05) is 12.7 Å². The molecule has 1 heterocycles. The fraction of sp³-hybridized carbons (Fsp3) is 0.353. The van der Waals surface area contributed by atoms with Crippen LogP contribution in [0.25, 0.3) is 0 Å². The molecule has 3 N–H and O–H groups in total. The van der Waals surface area contributed by atoms with Crippen LogP contribution in [0.3, 0.4) is 0 Å². The van der Waals surface area contributed by atoms with E-state index in [9.17, 15) is 4.79 Å². The number of halogens is 1. The quantitative estimate of drug-likeness (QED) is 0.501. The van der Waals surface area contributed by atoms with Gasteiger partial charge in [-0.1, -0.05) is 12.1 Å². The monoisotopic (exact) mass is 424 g/mol. The second-order valence-electron chi connectivity index (χ2n) is 5.18. The number of hydrogen-bond acceptors (Lipinski definition) is 7. The molecule has 9 heteroatoms. The highest BCUT2D eigenvalue weighted by Crippen LogP contribution is 2.17. The first-order valence-electron chi connectivity index (χ1n) is 8.01. The molecule has 2 rings (SSSR count). The lowest BCUT2D eigenvalue weighted by atomic mass is 10.2. The Morgan fingerprint density at radius 2 is 2.08 bits per heavy atom. The Morgan fingerprint density at radius 1 is 1.27 bits per heavy atom. The molecular formula is C17H21BrN4O4. The Kier molecular flexibility index (Phi) is 8.42. The molecule has 0 saturated heterocycles. The summed E-state index contributed by atoms with van der Waals surface area (Å²) in [6, 6.07) is 7.36. The first-order valence-corrected chi connectivity index (χ1v) is 8.80. The van der Waals surface area contributed by atoms with E-state index in [0.717, 1.165) is 5.56 Å². The topological polar surface area (TPSA) is 106 Å². The minimum Gasteiger partial charge on any atom is -0.394 e. The molecule has 1 aromatic carbocycles. The predicted octanol–water partition coefficient (Wildman–Crippen LogP) is 2.06. The molecule has 1 amide bonds. The average molecular weight is 425 g/mol. The summed E-state index contributed by atoms with van der Waals surface area (Å²) in [5.74, 6) is 0.0340. The number of hydrogen-bond donors (Lipinski definition) is 3. The Hall–Kier alpha value is -2.07. The van der Waals surface area contributed by atoms with E-state index >= 15 is 0 Å². The van der Waals surface area contributed by atoms with E-state index in [1.54, 1.807) is 13.1 Å². The van der Waals surface area contributed by atoms with E-state index in [1.165, 1.54) is 6.20 Å². The van der Waals surface area contributed by atoms with Gasteiger partial charge in [-0.05, 0) is 33.6 Å². The van der Waals surface area contributed by atoms with E-state index < -0.39 is 0 Å². The number of aliphatic hydroxyl groups is 1. The van der Waals surface area contributed by atoms with Gasteiger partial charge in [0.05, 0.1) is 39.2 Å². The number of anilines is 2. The molecule has 0 saturated carbocycles. The van der Waals surface area contributed by atoms with Crippen LogP contribution in [0.1, 0.15) is 16.1 Å². The van der Waals surface area contributed by atoms with E-state index in [1.807, 2.05) is 18.2 Å². The number of amides is 1. The van der Waals surface area contributed by atoms with Crippen molar-refractivity contribution in [3.05, 3.63) is 46.3 Å². The summed E-state index contributed by atoms with van der Waals surface area (Å²) in [6.07, 6.45) is 1.52. The Balaban J connectivity index is 1.93. The number of aliphatic hydroxyl groups excluding tert-OH is 1. The standard InChI is InChI=1S/C17H21BrN4O4/c1-19-16-15(22-14(18)10-20-16)17(24)21-13-4-2-3-12(9-13)11-26-8-7-25-6-5-23/h2-4,9-10,23H,5-8,11H2,1H3,(H,19,20)(H,21,24).